The van der Waals surface area contributed by atoms with Crippen LogP contribution < -0.4 is 5.32 Å². The van der Waals surface area contributed by atoms with Crippen LogP contribution in [0.1, 0.15) is 10.4 Å². The van der Waals surface area contributed by atoms with Gasteiger partial charge in [0.2, 0.25) is 0 Å². The molecule has 1 nitrogen and oxygen atoms in total. The van der Waals surface area contributed by atoms with E-state index in [0.717, 1.165) is 27.1 Å². The van der Waals surface area contributed by atoms with Crippen LogP contribution in [0.5, 0.6) is 0 Å². The van der Waals surface area contributed by atoms with Gasteiger partial charge < -0.3 is 5.32 Å². The lowest BCUT2D eigenvalue weighted by Crippen LogP contribution is -2.12. The smallest absolute Gasteiger partial charge is 0.0417 e. The Balaban J connectivity index is 1.90. The van der Waals surface area contributed by atoms with Crippen molar-refractivity contribution in [3.05, 3.63) is 54.1 Å². The maximum Gasteiger partial charge on any atom is 0.0417 e. The number of rotatable bonds is 4. The second kappa shape index (κ2) is 6.34. The molecule has 0 aliphatic carbocycles. The van der Waals surface area contributed by atoms with Gasteiger partial charge in [-0.3, -0.25) is 0 Å². The number of thiophene rings is 1. The first kappa shape index (κ1) is 13.6. The summed E-state index contributed by atoms with van der Waals surface area (Å²) < 4.78 is 2.19. The Hall–Kier alpha value is 0.130. The van der Waals surface area contributed by atoms with Gasteiger partial charge in [-0.1, -0.05) is 33.6 Å². The van der Waals surface area contributed by atoms with Crippen LogP contribution in [0.3, 0.4) is 0 Å². The average Bonchev–Trinajstić information content (AvgIpc) is 2.68. The normalized spacial score (nSPS) is 10.8. The summed E-state index contributed by atoms with van der Waals surface area (Å²) in [6, 6.07) is 7.99. The topological polar surface area (TPSA) is 12.0 Å². The molecule has 0 aliphatic rings. The molecule has 1 N–H and O–H groups in total. The van der Waals surface area contributed by atoms with E-state index in [1.54, 1.807) is 11.3 Å². The van der Waals surface area contributed by atoms with Gasteiger partial charge >= 0.3 is 0 Å². The lowest BCUT2D eigenvalue weighted by atomic mass is 10.2. The molecular weight excluding hydrogens is 385 g/mol. The van der Waals surface area contributed by atoms with E-state index in [0.29, 0.717) is 0 Å². The third kappa shape index (κ3) is 4.07. The summed E-state index contributed by atoms with van der Waals surface area (Å²) in [5.74, 6) is 0. The van der Waals surface area contributed by atoms with Gasteiger partial charge in [0, 0.05) is 37.3 Å². The number of benzene rings is 1. The number of hydrogen-bond acceptors (Lipinski definition) is 2. The average molecular weight is 396 g/mol. The third-order valence-electron chi connectivity index (χ3n) is 2.25. The molecule has 0 saturated carbocycles. The Morgan fingerprint density at radius 2 is 2.00 bits per heavy atom. The maximum absolute atomic E-state index is 5.90. The Bertz CT molecular complexity index is 513. The van der Waals surface area contributed by atoms with E-state index < -0.39 is 0 Å². The molecule has 0 radical (unpaired) electrons. The van der Waals surface area contributed by atoms with Crippen LogP contribution in [0.2, 0.25) is 5.02 Å². The van der Waals surface area contributed by atoms with E-state index in [2.05, 4.69) is 48.6 Å². The van der Waals surface area contributed by atoms with E-state index in [-0.39, 0.29) is 0 Å². The molecule has 2 aromatic rings. The highest BCUT2D eigenvalue weighted by Gasteiger charge is 2.01. The fourth-order valence-corrected chi connectivity index (χ4v) is 3.68. The van der Waals surface area contributed by atoms with E-state index in [1.807, 2.05) is 18.2 Å². The van der Waals surface area contributed by atoms with E-state index in [4.69, 9.17) is 11.6 Å². The van der Waals surface area contributed by atoms with Crippen molar-refractivity contribution in [3.63, 3.8) is 0 Å². The summed E-state index contributed by atoms with van der Waals surface area (Å²) in [5, 5.41) is 6.25. The molecule has 90 valence electrons. The summed E-state index contributed by atoms with van der Waals surface area (Å²) in [6.07, 6.45) is 0. The van der Waals surface area contributed by atoms with Gasteiger partial charge in [-0.15, -0.1) is 11.3 Å². The molecule has 0 atom stereocenters. The molecule has 0 aliphatic heterocycles. The van der Waals surface area contributed by atoms with Crippen molar-refractivity contribution in [3.8, 4) is 0 Å². The van der Waals surface area contributed by atoms with Crippen molar-refractivity contribution in [2.75, 3.05) is 0 Å². The summed E-state index contributed by atoms with van der Waals surface area (Å²) in [6.45, 7) is 1.71. The van der Waals surface area contributed by atoms with Gasteiger partial charge in [0.05, 0.1) is 0 Å². The largest absolute Gasteiger partial charge is 0.308 e. The number of nitrogens with one attached hydrogen (secondary N) is 1. The monoisotopic (exact) mass is 393 g/mol. The van der Waals surface area contributed by atoms with Gasteiger partial charge in [0.25, 0.3) is 0 Å². The van der Waals surface area contributed by atoms with Crippen molar-refractivity contribution in [1.29, 1.82) is 0 Å². The van der Waals surface area contributed by atoms with Crippen LogP contribution in [-0.2, 0) is 13.1 Å². The molecule has 0 spiro atoms. The van der Waals surface area contributed by atoms with Crippen molar-refractivity contribution in [2.45, 2.75) is 13.1 Å². The highest BCUT2D eigenvalue weighted by Crippen LogP contribution is 2.22. The summed E-state index contributed by atoms with van der Waals surface area (Å²) in [5.41, 5.74) is 1.21. The van der Waals surface area contributed by atoms with E-state index in [1.165, 1.54) is 10.4 Å². The van der Waals surface area contributed by atoms with Gasteiger partial charge in [-0.2, -0.15) is 0 Å². The van der Waals surface area contributed by atoms with Crippen LogP contribution in [-0.4, -0.2) is 0 Å². The first-order valence-corrected chi connectivity index (χ1v) is 7.87. The van der Waals surface area contributed by atoms with Crippen LogP contribution in [0.25, 0.3) is 0 Å². The lowest BCUT2D eigenvalue weighted by molar-refractivity contribution is 0.699. The zero-order chi connectivity index (χ0) is 12.3. The maximum atomic E-state index is 5.90. The summed E-state index contributed by atoms with van der Waals surface area (Å²) in [7, 11) is 0. The van der Waals surface area contributed by atoms with Crippen molar-refractivity contribution in [1.82, 2.24) is 5.32 Å². The molecule has 0 saturated heterocycles. The third-order valence-corrected chi connectivity index (χ3v) is 4.92. The minimum Gasteiger partial charge on any atom is -0.308 e. The van der Waals surface area contributed by atoms with E-state index >= 15 is 0 Å². The zero-order valence-corrected chi connectivity index (χ0v) is 13.6. The highest BCUT2D eigenvalue weighted by molar-refractivity contribution is 9.10. The zero-order valence-electron chi connectivity index (χ0n) is 8.84. The molecular formula is C12H10Br2ClNS. The van der Waals surface area contributed by atoms with Crippen LogP contribution >= 0.6 is 54.8 Å². The molecule has 1 aromatic carbocycles. The Morgan fingerprint density at radius 1 is 1.18 bits per heavy atom. The molecule has 0 amide bonds. The molecule has 5 heteroatoms. The van der Waals surface area contributed by atoms with Crippen LogP contribution in [0, 0.1) is 0 Å². The summed E-state index contributed by atoms with van der Waals surface area (Å²) >= 11 is 14.6. The fourth-order valence-electron chi connectivity index (χ4n) is 1.43. The Morgan fingerprint density at radius 3 is 2.65 bits per heavy atom. The molecule has 0 bridgehead atoms. The Labute approximate surface area is 126 Å². The fraction of sp³-hybridized carbons (Fsp3) is 0.167. The van der Waals surface area contributed by atoms with E-state index in [9.17, 15) is 0 Å². The number of hydrogen-bond donors (Lipinski definition) is 1. The second-order valence-corrected chi connectivity index (χ2v) is 6.77. The first-order chi connectivity index (χ1) is 8.15. The lowest BCUT2D eigenvalue weighted by Gasteiger charge is -2.06. The molecule has 0 fully saturated rings. The van der Waals surface area contributed by atoms with Gasteiger partial charge in [-0.05, 0) is 39.7 Å². The van der Waals surface area contributed by atoms with Crippen LogP contribution in [0.15, 0.2) is 38.6 Å². The minimum absolute atomic E-state index is 0.753. The highest BCUT2D eigenvalue weighted by atomic mass is 79.9. The predicted octanol–water partition coefficient (Wildman–Crippen LogP) is 5.22. The minimum atomic E-state index is 0.753. The molecule has 1 aromatic heterocycles. The summed E-state index contributed by atoms with van der Waals surface area (Å²) in [4.78, 5) is 1.32. The van der Waals surface area contributed by atoms with Gasteiger partial charge in [0.1, 0.15) is 0 Å². The van der Waals surface area contributed by atoms with Gasteiger partial charge in [-0.25, -0.2) is 0 Å². The second-order valence-electron chi connectivity index (χ2n) is 3.57. The molecule has 1 heterocycles. The standard InChI is InChI=1S/C12H10Br2ClNS/c13-9-3-11(17-7-9)6-16-5-8-1-2-10(15)4-12(8)14/h1-4,7,16H,5-6H2. The SMILES string of the molecule is Clc1ccc(CNCc2cc(Br)cs2)c(Br)c1. The quantitative estimate of drug-likeness (QED) is 0.749. The number of halogens is 3. The van der Waals surface area contributed by atoms with Crippen LogP contribution in [0.4, 0.5) is 0 Å². The molecule has 0 unspecified atom stereocenters. The van der Waals surface area contributed by atoms with Gasteiger partial charge in [0.15, 0.2) is 0 Å². The van der Waals surface area contributed by atoms with Crippen molar-refractivity contribution < 1.29 is 0 Å². The first-order valence-electron chi connectivity index (χ1n) is 5.03. The molecule has 2 rings (SSSR count). The van der Waals surface area contributed by atoms with Crippen molar-refractivity contribution >= 4 is 54.8 Å². The van der Waals surface area contributed by atoms with Crippen molar-refractivity contribution in [2.24, 2.45) is 0 Å². The molecule has 17 heavy (non-hydrogen) atoms. The Kier molecular flexibility index (Phi) is 5.06. The predicted molar refractivity (Wildman–Crippen MR) is 81.7 cm³/mol.